The van der Waals surface area contributed by atoms with Crippen LogP contribution in [-0.2, 0) is 9.84 Å². The van der Waals surface area contributed by atoms with Crippen LogP contribution in [0.5, 0.6) is 0 Å². The van der Waals surface area contributed by atoms with Crippen LogP contribution in [0.15, 0.2) is 23.1 Å². The molecule has 0 spiro atoms. The van der Waals surface area contributed by atoms with Crippen molar-refractivity contribution in [3.05, 3.63) is 28.8 Å². The number of carbonyl (C=O) groups excluding carboxylic acids is 1. The summed E-state index contributed by atoms with van der Waals surface area (Å²) in [6.45, 7) is 0.0215. The Hall–Kier alpha value is -1.15. The molecule has 1 aromatic carbocycles. The molecular weight excluding hydrogens is 306 g/mol. The molecule has 1 saturated heterocycles. The number of benzene rings is 1. The minimum Gasteiger partial charge on any atom is -0.388 e. The molecule has 8 heteroatoms. The van der Waals surface area contributed by atoms with Crippen LogP contribution in [0.4, 0.5) is 0 Å². The molecule has 0 saturated carbocycles. The lowest BCUT2D eigenvalue weighted by Gasteiger charge is -2.16. The normalized spacial score (nSPS) is 23.1. The van der Waals surface area contributed by atoms with Crippen LogP contribution in [0.3, 0.4) is 0 Å². The number of nitrogens with zero attached hydrogens (tertiary/aromatic N) is 1. The molecule has 0 radical (unpaired) electrons. The number of sulfone groups is 1. The number of β-amino-alcohol motifs (C(OH)–C–C–N with tert-alkyl or cyclic N) is 2. The van der Waals surface area contributed by atoms with Crippen LogP contribution >= 0.6 is 11.6 Å². The maximum atomic E-state index is 12.2. The molecule has 1 fully saturated rings. The molecule has 20 heavy (non-hydrogen) atoms. The van der Waals surface area contributed by atoms with Gasteiger partial charge in [-0.1, -0.05) is 11.6 Å². The average molecular weight is 320 g/mol. The lowest BCUT2D eigenvalue weighted by atomic mass is 10.2. The Morgan fingerprint density at radius 1 is 1.30 bits per heavy atom. The molecule has 0 aliphatic carbocycles. The summed E-state index contributed by atoms with van der Waals surface area (Å²) in [7, 11) is -3.54. The van der Waals surface area contributed by atoms with Gasteiger partial charge in [-0.05, 0) is 18.2 Å². The van der Waals surface area contributed by atoms with Gasteiger partial charge in [-0.25, -0.2) is 8.42 Å². The van der Waals surface area contributed by atoms with Crippen LogP contribution in [0, 0.1) is 0 Å². The Balaban J connectivity index is 2.33. The maximum absolute atomic E-state index is 12.2. The smallest absolute Gasteiger partial charge is 0.254 e. The number of likely N-dealkylation sites (tertiary alicyclic amines) is 1. The highest BCUT2D eigenvalue weighted by Gasteiger charge is 2.33. The molecule has 1 aromatic rings. The van der Waals surface area contributed by atoms with E-state index < -0.39 is 28.0 Å². The van der Waals surface area contributed by atoms with Crippen molar-refractivity contribution >= 4 is 27.3 Å². The monoisotopic (exact) mass is 319 g/mol. The fraction of sp³-hybridized carbons (Fsp3) is 0.417. The molecular formula is C12H14ClNO5S. The van der Waals surface area contributed by atoms with Crippen LogP contribution < -0.4 is 0 Å². The van der Waals surface area contributed by atoms with Crippen molar-refractivity contribution in [1.82, 2.24) is 4.90 Å². The Labute approximate surface area is 121 Å². The van der Waals surface area contributed by atoms with Gasteiger partial charge in [0.2, 0.25) is 0 Å². The number of halogens is 1. The number of aliphatic hydroxyl groups is 2. The van der Waals surface area contributed by atoms with Crippen molar-refractivity contribution in [1.29, 1.82) is 0 Å². The van der Waals surface area contributed by atoms with E-state index in [0.29, 0.717) is 0 Å². The van der Waals surface area contributed by atoms with Crippen molar-refractivity contribution in [3.8, 4) is 0 Å². The summed E-state index contributed by atoms with van der Waals surface area (Å²) >= 11 is 5.81. The van der Waals surface area contributed by atoms with Gasteiger partial charge in [-0.3, -0.25) is 4.79 Å². The summed E-state index contributed by atoms with van der Waals surface area (Å²) in [6, 6.07) is 3.96. The Morgan fingerprint density at radius 2 is 1.85 bits per heavy atom. The first-order valence-electron chi connectivity index (χ1n) is 5.85. The fourth-order valence-corrected chi connectivity index (χ4v) is 3.34. The highest BCUT2D eigenvalue weighted by atomic mass is 35.5. The first kappa shape index (κ1) is 15.2. The van der Waals surface area contributed by atoms with Crippen LogP contribution in [0.25, 0.3) is 0 Å². The second kappa shape index (κ2) is 5.33. The minimum absolute atomic E-state index is 0.0107. The molecule has 1 aliphatic heterocycles. The number of rotatable bonds is 2. The van der Waals surface area contributed by atoms with Crippen molar-refractivity contribution < 1.29 is 23.4 Å². The van der Waals surface area contributed by atoms with E-state index in [-0.39, 0.29) is 28.6 Å². The zero-order valence-electron chi connectivity index (χ0n) is 10.7. The molecule has 2 N–H and O–H groups in total. The summed E-state index contributed by atoms with van der Waals surface area (Å²) < 4.78 is 23.1. The summed E-state index contributed by atoms with van der Waals surface area (Å²) in [4.78, 5) is 13.3. The summed E-state index contributed by atoms with van der Waals surface area (Å²) in [5.41, 5.74) is 0.149. The fourth-order valence-electron chi connectivity index (χ4n) is 2.04. The first-order valence-corrected chi connectivity index (χ1v) is 8.12. The third-order valence-electron chi connectivity index (χ3n) is 3.12. The van der Waals surface area contributed by atoms with Gasteiger partial charge in [0.1, 0.15) is 0 Å². The van der Waals surface area contributed by atoms with Crippen molar-refractivity contribution in [2.75, 3.05) is 19.3 Å². The van der Waals surface area contributed by atoms with Gasteiger partial charge >= 0.3 is 0 Å². The number of hydrogen-bond donors (Lipinski definition) is 2. The second-order valence-corrected chi connectivity index (χ2v) is 7.15. The summed E-state index contributed by atoms with van der Waals surface area (Å²) in [5, 5.41) is 18.9. The minimum atomic E-state index is -3.54. The predicted molar refractivity (Wildman–Crippen MR) is 72.5 cm³/mol. The van der Waals surface area contributed by atoms with Gasteiger partial charge in [0.25, 0.3) is 5.91 Å². The van der Waals surface area contributed by atoms with Gasteiger partial charge in [0.05, 0.1) is 22.1 Å². The maximum Gasteiger partial charge on any atom is 0.254 e. The van der Waals surface area contributed by atoms with E-state index in [0.717, 1.165) is 6.26 Å². The standard InChI is InChI=1S/C12H14ClNO5S/c1-20(18,19)11-4-7(2-3-8(11)13)12(17)14-5-9(15)10(16)6-14/h2-4,9-10,15-16H,5-6H2,1H3/t9-,10+. The number of carbonyl (C=O) groups is 1. The molecule has 0 aromatic heterocycles. The van der Waals surface area contributed by atoms with Crippen molar-refractivity contribution in [3.63, 3.8) is 0 Å². The quantitative estimate of drug-likeness (QED) is 0.795. The van der Waals surface area contributed by atoms with Crippen molar-refractivity contribution in [2.24, 2.45) is 0 Å². The Morgan fingerprint density at radius 3 is 2.35 bits per heavy atom. The van der Waals surface area contributed by atoms with Crippen LogP contribution in [-0.4, -0.2) is 61.0 Å². The van der Waals surface area contributed by atoms with Crippen LogP contribution in [0.1, 0.15) is 10.4 Å². The van der Waals surface area contributed by atoms with E-state index in [1.165, 1.54) is 23.1 Å². The van der Waals surface area contributed by atoms with E-state index in [2.05, 4.69) is 0 Å². The topological polar surface area (TPSA) is 94.9 Å². The molecule has 0 unspecified atom stereocenters. The van der Waals surface area contributed by atoms with Gasteiger partial charge in [0.15, 0.2) is 9.84 Å². The molecule has 2 atom stereocenters. The lowest BCUT2D eigenvalue weighted by molar-refractivity contribution is 0.0572. The summed E-state index contributed by atoms with van der Waals surface area (Å²) in [5.74, 6) is -0.456. The molecule has 0 bridgehead atoms. The molecule has 110 valence electrons. The van der Waals surface area contributed by atoms with Crippen LogP contribution in [0.2, 0.25) is 5.02 Å². The van der Waals surface area contributed by atoms with E-state index >= 15 is 0 Å². The Bertz CT molecular complexity index is 635. The van der Waals surface area contributed by atoms with Gasteiger partial charge < -0.3 is 15.1 Å². The third-order valence-corrected chi connectivity index (χ3v) is 4.70. The third kappa shape index (κ3) is 2.95. The first-order chi connectivity index (χ1) is 9.20. The second-order valence-electron chi connectivity index (χ2n) is 4.76. The zero-order chi connectivity index (χ0) is 15.1. The lowest BCUT2D eigenvalue weighted by Crippen LogP contribution is -2.29. The van der Waals surface area contributed by atoms with E-state index in [1.807, 2.05) is 0 Å². The highest BCUT2D eigenvalue weighted by Crippen LogP contribution is 2.24. The molecule has 1 aliphatic rings. The molecule has 1 amide bonds. The van der Waals surface area contributed by atoms with E-state index in [4.69, 9.17) is 11.6 Å². The van der Waals surface area contributed by atoms with Gasteiger partial charge in [0, 0.05) is 24.9 Å². The number of hydrogen-bond acceptors (Lipinski definition) is 5. The van der Waals surface area contributed by atoms with E-state index in [1.54, 1.807) is 0 Å². The van der Waals surface area contributed by atoms with Gasteiger partial charge in [-0.2, -0.15) is 0 Å². The van der Waals surface area contributed by atoms with Crippen molar-refractivity contribution in [2.45, 2.75) is 17.1 Å². The number of aliphatic hydroxyl groups excluding tert-OH is 2. The SMILES string of the molecule is CS(=O)(=O)c1cc(C(=O)N2C[C@@H](O)[C@@H](O)C2)ccc1Cl. The zero-order valence-corrected chi connectivity index (χ0v) is 12.2. The molecule has 6 nitrogen and oxygen atoms in total. The average Bonchev–Trinajstić information content (AvgIpc) is 2.68. The summed E-state index contributed by atoms with van der Waals surface area (Å²) in [6.07, 6.45) is -0.965. The van der Waals surface area contributed by atoms with Gasteiger partial charge in [-0.15, -0.1) is 0 Å². The van der Waals surface area contributed by atoms with E-state index in [9.17, 15) is 23.4 Å². The predicted octanol–water partition coefficient (Wildman–Crippen LogP) is -0.0789. The Kier molecular flexibility index (Phi) is 4.06. The molecule has 1 heterocycles. The number of amides is 1. The highest BCUT2D eigenvalue weighted by molar-refractivity contribution is 7.90. The largest absolute Gasteiger partial charge is 0.388 e. The molecule has 2 rings (SSSR count).